The van der Waals surface area contributed by atoms with Crippen LogP contribution in [0.1, 0.15) is 47.7 Å². The van der Waals surface area contributed by atoms with E-state index in [1.54, 1.807) is 7.11 Å². The lowest BCUT2D eigenvalue weighted by molar-refractivity contribution is -0.133. The summed E-state index contributed by atoms with van der Waals surface area (Å²) in [7, 11) is 1.64. The highest BCUT2D eigenvalue weighted by Crippen LogP contribution is 2.30. The van der Waals surface area contributed by atoms with Crippen LogP contribution in [-0.4, -0.2) is 43.2 Å². The molecule has 3 atom stereocenters. The third-order valence-corrected chi connectivity index (χ3v) is 6.20. The largest absolute Gasteiger partial charge is 0.497 e. The fraction of sp³-hybridized carbons (Fsp3) is 0.310. The molecule has 1 amide bonds. The maximum absolute atomic E-state index is 13.1. The second kappa shape index (κ2) is 12.3. The van der Waals surface area contributed by atoms with Crippen LogP contribution < -0.4 is 10.1 Å². The maximum Gasteiger partial charge on any atom is 0.250 e. The number of rotatable bonds is 11. The van der Waals surface area contributed by atoms with Gasteiger partial charge >= 0.3 is 0 Å². The molecule has 3 aromatic rings. The first-order chi connectivity index (χ1) is 17.6. The van der Waals surface area contributed by atoms with Gasteiger partial charge in [-0.25, -0.2) is 0 Å². The van der Waals surface area contributed by atoms with E-state index in [0.717, 1.165) is 33.7 Å². The van der Waals surface area contributed by atoms with Crippen LogP contribution in [0, 0.1) is 0 Å². The second-order valence-electron chi connectivity index (χ2n) is 8.61. The van der Waals surface area contributed by atoms with Crippen molar-refractivity contribution in [3.05, 3.63) is 101 Å². The number of ether oxygens (including phenoxy) is 2. The molecule has 0 saturated heterocycles. The van der Waals surface area contributed by atoms with Crippen LogP contribution in [0.5, 0.6) is 5.75 Å². The van der Waals surface area contributed by atoms with Crippen molar-refractivity contribution in [3.63, 3.8) is 0 Å². The van der Waals surface area contributed by atoms with Crippen LogP contribution in [-0.2, 0) is 20.8 Å². The first kappa shape index (κ1) is 25.4. The minimum Gasteiger partial charge on any atom is -0.497 e. The fourth-order valence-electron chi connectivity index (χ4n) is 4.25. The molecule has 0 spiro atoms. The smallest absolute Gasteiger partial charge is 0.250 e. The van der Waals surface area contributed by atoms with E-state index in [0.29, 0.717) is 19.4 Å². The van der Waals surface area contributed by atoms with Gasteiger partial charge in [0, 0.05) is 19.4 Å². The molecule has 1 heterocycles. The Bertz CT molecular complexity index is 1160. The van der Waals surface area contributed by atoms with E-state index in [2.05, 4.69) is 10.5 Å². The molecule has 0 aromatic heterocycles. The Morgan fingerprint density at radius 3 is 2.58 bits per heavy atom. The number of aliphatic hydroxyl groups excluding tert-OH is 1. The van der Waals surface area contributed by atoms with Crippen molar-refractivity contribution in [2.45, 2.75) is 38.0 Å². The van der Waals surface area contributed by atoms with E-state index >= 15 is 0 Å². The third-order valence-electron chi connectivity index (χ3n) is 6.20. The van der Waals surface area contributed by atoms with Crippen LogP contribution in [0.2, 0.25) is 0 Å². The van der Waals surface area contributed by atoms with Crippen LogP contribution >= 0.6 is 0 Å². The number of carbonyl (C=O) groups excluding carboxylic acids is 1. The lowest BCUT2D eigenvalue weighted by Gasteiger charge is -2.22. The van der Waals surface area contributed by atoms with Crippen LogP contribution in [0.25, 0.3) is 0 Å². The summed E-state index contributed by atoms with van der Waals surface area (Å²) in [5.74, 6) is 0.541. The lowest BCUT2D eigenvalue weighted by atomic mass is 9.97. The molecule has 188 valence electrons. The van der Waals surface area contributed by atoms with Gasteiger partial charge in [-0.1, -0.05) is 65.8 Å². The van der Waals surface area contributed by atoms with Crippen molar-refractivity contribution in [2.75, 3.05) is 20.3 Å². The number of hydrogen-bond acceptors (Lipinski definition) is 6. The average molecular weight is 489 g/mol. The molecule has 7 heteroatoms. The highest BCUT2D eigenvalue weighted by Gasteiger charge is 2.26. The zero-order valence-electron chi connectivity index (χ0n) is 20.6. The molecule has 0 aliphatic carbocycles. The van der Waals surface area contributed by atoms with Gasteiger partial charge in [0.15, 0.2) is 6.10 Å². The summed E-state index contributed by atoms with van der Waals surface area (Å²) in [6.45, 7) is 2.07. The Morgan fingerprint density at radius 1 is 1.11 bits per heavy atom. The van der Waals surface area contributed by atoms with E-state index < -0.39 is 12.1 Å². The number of hydrogen-bond donors (Lipinski definition) is 2. The summed E-state index contributed by atoms with van der Waals surface area (Å²) in [4.78, 5) is 18.8. The molecule has 3 aromatic carbocycles. The van der Waals surface area contributed by atoms with Gasteiger partial charge in [-0.2, -0.15) is 0 Å². The lowest BCUT2D eigenvalue weighted by Crippen LogP contribution is -2.41. The van der Waals surface area contributed by atoms with Gasteiger partial charge in [0.05, 0.1) is 25.5 Å². The zero-order valence-corrected chi connectivity index (χ0v) is 20.6. The number of oxime groups is 1. The minimum absolute atomic E-state index is 0.148. The van der Waals surface area contributed by atoms with Gasteiger partial charge < -0.3 is 24.7 Å². The number of nitrogens with one attached hydrogen (secondary N) is 1. The van der Waals surface area contributed by atoms with Gasteiger partial charge in [0.1, 0.15) is 11.9 Å². The SMILES string of the molecule is CCO[C@@H](Cc1cccc(C2=NOC(c3ccc(OC)cc3)C2)c1)C(=O)N[C@@H](CO)c1ccccc1. The van der Waals surface area contributed by atoms with Crippen LogP contribution in [0.15, 0.2) is 84.0 Å². The minimum atomic E-state index is -0.683. The second-order valence-corrected chi connectivity index (χ2v) is 8.61. The van der Waals surface area contributed by atoms with Crippen molar-refractivity contribution in [1.29, 1.82) is 0 Å². The van der Waals surface area contributed by atoms with Gasteiger partial charge in [0.2, 0.25) is 5.91 Å². The Kier molecular flexibility index (Phi) is 8.71. The van der Waals surface area contributed by atoms with Crippen molar-refractivity contribution in [1.82, 2.24) is 5.32 Å². The zero-order chi connectivity index (χ0) is 25.3. The van der Waals surface area contributed by atoms with Crippen LogP contribution in [0.3, 0.4) is 0 Å². The number of benzene rings is 3. The van der Waals surface area contributed by atoms with Gasteiger partial charge in [-0.05, 0) is 47.4 Å². The Hall–Kier alpha value is -3.68. The molecule has 0 bridgehead atoms. The summed E-state index contributed by atoms with van der Waals surface area (Å²) in [5.41, 5.74) is 4.65. The monoisotopic (exact) mass is 488 g/mol. The summed E-state index contributed by atoms with van der Waals surface area (Å²) in [6.07, 6.45) is 0.221. The highest BCUT2D eigenvalue weighted by molar-refractivity contribution is 6.01. The molecule has 36 heavy (non-hydrogen) atoms. The Morgan fingerprint density at radius 2 is 1.89 bits per heavy atom. The predicted molar refractivity (Wildman–Crippen MR) is 138 cm³/mol. The molecule has 4 rings (SSSR count). The molecule has 1 aliphatic heterocycles. The molecule has 7 nitrogen and oxygen atoms in total. The summed E-state index contributed by atoms with van der Waals surface area (Å²) in [6, 6.07) is 24.7. The van der Waals surface area contributed by atoms with E-state index in [9.17, 15) is 9.90 Å². The number of nitrogens with zero attached hydrogens (tertiary/aromatic N) is 1. The van der Waals surface area contributed by atoms with Crippen molar-refractivity contribution in [3.8, 4) is 5.75 Å². The van der Waals surface area contributed by atoms with Crippen molar-refractivity contribution < 1.29 is 24.2 Å². The highest BCUT2D eigenvalue weighted by atomic mass is 16.6. The molecule has 2 N–H and O–H groups in total. The molecular weight excluding hydrogens is 456 g/mol. The number of aliphatic hydroxyl groups is 1. The third kappa shape index (κ3) is 6.30. The Labute approximate surface area is 211 Å². The van der Waals surface area contributed by atoms with Crippen molar-refractivity contribution >= 4 is 11.6 Å². The predicted octanol–water partition coefficient (Wildman–Crippen LogP) is 4.36. The van der Waals surface area contributed by atoms with E-state index in [1.807, 2.05) is 85.8 Å². The molecule has 1 unspecified atom stereocenters. The van der Waals surface area contributed by atoms with Crippen molar-refractivity contribution in [2.24, 2.45) is 5.16 Å². The summed E-state index contributed by atoms with van der Waals surface area (Å²) in [5, 5.41) is 17.1. The number of carbonyl (C=O) groups is 1. The van der Waals surface area contributed by atoms with Crippen LogP contribution in [0.4, 0.5) is 0 Å². The van der Waals surface area contributed by atoms with E-state index in [1.165, 1.54) is 0 Å². The summed E-state index contributed by atoms with van der Waals surface area (Å²) < 4.78 is 11.0. The normalized spacial score (nSPS) is 16.5. The number of methoxy groups -OCH3 is 1. The Balaban J connectivity index is 1.42. The van der Waals surface area contributed by atoms with Gasteiger partial charge in [-0.3, -0.25) is 4.79 Å². The molecule has 0 fully saturated rings. The molecule has 0 saturated carbocycles. The topological polar surface area (TPSA) is 89.4 Å². The first-order valence-electron chi connectivity index (χ1n) is 12.1. The fourth-order valence-corrected chi connectivity index (χ4v) is 4.25. The first-order valence-corrected chi connectivity index (χ1v) is 12.1. The van der Waals surface area contributed by atoms with E-state index in [4.69, 9.17) is 14.3 Å². The molecule has 1 aliphatic rings. The number of amides is 1. The quantitative estimate of drug-likeness (QED) is 0.419. The van der Waals surface area contributed by atoms with Gasteiger partial charge in [0.25, 0.3) is 0 Å². The molecule has 0 radical (unpaired) electrons. The van der Waals surface area contributed by atoms with Gasteiger partial charge in [-0.15, -0.1) is 0 Å². The standard InChI is InChI=1S/C29H32N2O5/c1-3-35-28(29(33)30-26(19-32)21-9-5-4-6-10-21)17-20-8-7-11-23(16-20)25-18-27(36-31-25)22-12-14-24(34-2)15-13-22/h4-16,26-28,32H,3,17-19H2,1-2H3,(H,30,33)/t26-,27?,28-/m0/s1. The molecular formula is C29H32N2O5. The summed E-state index contributed by atoms with van der Waals surface area (Å²) >= 11 is 0. The average Bonchev–Trinajstić information content (AvgIpc) is 3.42. The van der Waals surface area contributed by atoms with E-state index in [-0.39, 0.29) is 18.6 Å². The maximum atomic E-state index is 13.1.